The second kappa shape index (κ2) is 11.5. The zero-order valence-electron chi connectivity index (χ0n) is 17.7. The average molecular weight is 502 g/mol. The van der Waals surface area contributed by atoms with Gasteiger partial charge in [-0.15, -0.1) is 24.0 Å². The highest BCUT2D eigenvalue weighted by molar-refractivity contribution is 14.0. The normalized spacial score (nSPS) is 15.0. The molecule has 28 heavy (non-hydrogen) atoms. The molecular formula is C21H35IN4O2. The van der Waals surface area contributed by atoms with E-state index in [9.17, 15) is 4.79 Å². The van der Waals surface area contributed by atoms with Crippen LogP contribution in [0.15, 0.2) is 23.2 Å². The van der Waals surface area contributed by atoms with Crippen LogP contribution < -0.4 is 20.7 Å². The fourth-order valence-corrected chi connectivity index (χ4v) is 3.13. The van der Waals surface area contributed by atoms with Crippen LogP contribution in [0.3, 0.4) is 0 Å². The monoisotopic (exact) mass is 502 g/mol. The van der Waals surface area contributed by atoms with Gasteiger partial charge in [-0.25, -0.2) is 0 Å². The molecule has 0 radical (unpaired) electrons. The van der Waals surface area contributed by atoms with Gasteiger partial charge in [0, 0.05) is 24.7 Å². The largest absolute Gasteiger partial charge is 0.490 e. The summed E-state index contributed by atoms with van der Waals surface area (Å²) in [6.07, 6.45) is 5.08. The fraction of sp³-hybridized carbons (Fsp3) is 0.619. The summed E-state index contributed by atoms with van der Waals surface area (Å²) < 4.78 is 6.24. The predicted molar refractivity (Wildman–Crippen MR) is 126 cm³/mol. The van der Waals surface area contributed by atoms with Crippen molar-refractivity contribution < 1.29 is 9.53 Å². The zero-order valence-corrected chi connectivity index (χ0v) is 20.1. The number of hydrogen-bond acceptors (Lipinski definition) is 3. The Kier molecular flexibility index (Phi) is 10.1. The highest BCUT2D eigenvalue weighted by Gasteiger charge is 2.18. The molecule has 1 aliphatic carbocycles. The lowest BCUT2D eigenvalue weighted by molar-refractivity contribution is -0.121. The summed E-state index contributed by atoms with van der Waals surface area (Å²) in [7, 11) is 1.70. The van der Waals surface area contributed by atoms with Gasteiger partial charge in [-0.2, -0.15) is 0 Å². The van der Waals surface area contributed by atoms with Gasteiger partial charge >= 0.3 is 0 Å². The number of halogens is 1. The average Bonchev–Trinajstić information content (AvgIpc) is 3.08. The van der Waals surface area contributed by atoms with Gasteiger partial charge in [0.15, 0.2) is 5.96 Å². The molecule has 1 aliphatic rings. The van der Waals surface area contributed by atoms with E-state index in [0.29, 0.717) is 18.6 Å². The Morgan fingerprint density at radius 2 is 1.89 bits per heavy atom. The van der Waals surface area contributed by atoms with E-state index in [1.807, 2.05) is 20.8 Å². The Morgan fingerprint density at radius 1 is 1.21 bits per heavy atom. The number of guanidine groups is 1. The van der Waals surface area contributed by atoms with E-state index in [2.05, 4.69) is 46.1 Å². The van der Waals surface area contributed by atoms with E-state index in [1.54, 1.807) is 7.05 Å². The van der Waals surface area contributed by atoms with Crippen LogP contribution in [0.5, 0.6) is 5.75 Å². The SMILES string of the molecule is CN=C(NCC(=O)NC(C)(C)C)NCc1ccc(C)cc1OC1CCCC1.I. The van der Waals surface area contributed by atoms with Crippen molar-refractivity contribution in [3.05, 3.63) is 29.3 Å². The van der Waals surface area contributed by atoms with Gasteiger partial charge in [0.1, 0.15) is 5.75 Å². The number of rotatable bonds is 6. The number of aryl methyl sites for hydroxylation is 1. The lowest BCUT2D eigenvalue weighted by Gasteiger charge is -2.21. The first-order valence-corrected chi connectivity index (χ1v) is 9.78. The van der Waals surface area contributed by atoms with Crippen molar-refractivity contribution in [3.63, 3.8) is 0 Å². The predicted octanol–water partition coefficient (Wildman–Crippen LogP) is 3.51. The summed E-state index contributed by atoms with van der Waals surface area (Å²) in [5, 5.41) is 9.24. The van der Waals surface area contributed by atoms with Gasteiger partial charge < -0.3 is 20.7 Å². The molecule has 0 aromatic heterocycles. The molecule has 1 aromatic rings. The molecule has 1 fully saturated rings. The van der Waals surface area contributed by atoms with Crippen LogP contribution in [-0.4, -0.2) is 37.1 Å². The van der Waals surface area contributed by atoms with Crippen LogP contribution in [0.1, 0.15) is 57.6 Å². The number of benzene rings is 1. The molecule has 7 heteroatoms. The van der Waals surface area contributed by atoms with Crippen LogP contribution in [0.2, 0.25) is 0 Å². The maximum atomic E-state index is 12.0. The van der Waals surface area contributed by atoms with Gasteiger partial charge in [0.05, 0.1) is 12.6 Å². The van der Waals surface area contributed by atoms with Crippen molar-refractivity contribution >= 4 is 35.8 Å². The van der Waals surface area contributed by atoms with Crippen molar-refractivity contribution in [1.82, 2.24) is 16.0 Å². The summed E-state index contributed by atoms with van der Waals surface area (Å²) >= 11 is 0. The molecule has 158 valence electrons. The second-order valence-electron chi connectivity index (χ2n) is 8.21. The topological polar surface area (TPSA) is 74.8 Å². The first-order chi connectivity index (χ1) is 12.8. The van der Waals surface area contributed by atoms with E-state index in [1.165, 1.54) is 18.4 Å². The van der Waals surface area contributed by atoms with Crippen LogP contribution in [0.4, 0.5) is 0 Å². The number of carbonyl (C=O) groups is 1. The smallest absolute Gasteiger partial charge is 0.239 e. The van der Waals surface area contributed by atoms with Crippen molar-refractivity contribution in [1.29, 1.82) is 0 Å². The van der Waals surface area contributed by atoms with Crippen molar-refractivity contribution in [3.8, 4) is 5.75 Å². The van der Waals surface area contributed by atoms with Gasteiger partial charge in [-0.1, -0.05) is 12.1 Å². The molecule has 0 bridgehead atoms. The Hall–Kier alpha value is -1.51. The third-order valence-electron chi connectivity index (χ3n) is 4.42. The molecule has 0 heterocycles. The number of ether oxygens (including phenoxy) is 1. The standard InChI is InChI=1S/C21H34N4O2.HI/c1-15-10-11-16(18(12-15)27-17-8-6-7-9-17)13-23-20(22-5)24-14-19(26)25-21(2,3)4;/h10-12,17H,6-9,13-14H2,1-5H3,(H,25,26)(H2,22,23,24);1H. The quantitative estimate of drug-likeness (QED) is 0.316. The van der Waals surface area contributed by atoms with E-state index >= 15 is 0 Å². The van der Waals surface area contributed by atoms with Crippen LogP contribution >= 0.6 is 24.0 Å². The molecule has 0 unspecified atom stereocenters. The number of amides is 1. The summed E-state index contributed by atoms with van der Waals surface area (Å²) in [5.41, 5.74) is 2.03. The third kappa shape index (κ3) is 8.67. The first kappa shape index (κ1) is 24.5. The Balaban J connectivity index is 0.00000392. The summed E-state index contributed by atoms with van der Waals surface area (Å²) in [4.78, 5) is 16.2. The molecule has 0 saturated heterocycles. The molecule has 6 nitrogen and oxygen atoms in total. The molecule has 3 N–H and O–H groups in total. The fourth-order valence-electron chi connectivity index (χ4n) is 3.13. The maximum absolute atomic E-state index is 12.0. The highest BCUT2D eigenvalue weighted by atomic mass is 127. The van der Waals surface area contributed by atoms with Gasteiger partial charge in [0.25, 0.3) is 0 Å². The van der Waals surface area contributed by atoms with E-state index in [4.69, 9.17) is 4.74 Å². The van der Waals surface area contributed by atoms with E-state index in [-0.39, 0.29) is 42.0 Å². The molecule has 0 aliphatic heterocycles. The number of hydrogen-bond donors (Lipinski definition) is 3. The van der Waals surface area contributed by atoms with Crippen LogP contribution in [0, 0.1) is 6.92 Å². The molecule has 0 spiro atoms. The Morgan fingerprint density at radius 3 is 2.50 bits per heavy atom. The third-order valence-corrected chi connectivity index (χ3v) is 4.42. The van der Waals surface area contributed by atoms with E-state index in [0.717, 1.165) is 24.2 Å². The van der Waals surface area contributed by atoms with E-state index < -0.39 is 0 Å². The lowest BCUT2D eigenvalue weighted by atomic mass is 10.1. The van der Waals surface area contributed by atoms with Crippen molar-refractivity contribution in [2.24, 2.45) is 4.99 Å². The van der Waals surface area contributed by atoms with Gasteiger partial charge in [-0.05, 0) is 65.0 Å². The summed E-state index contributed by atoms with van der Waals surface area (Å²) in [6.45, 7) is 8.72. The van der Waals surface area contributed by atoms with Crippen molar-refractivity contribution in [2.45, 2.75) is 71.6 Å². The Bertz CT molecular complexity index is 665. The minimum Gasteiger partial charge on any atom is -0.490 e. The van der Waals surface area contributed by atoms with Crippen molar-refractivity contribution in [2.75, 3.05) is 13.6 Å². The molecule has 1 amide bonds. The number of nitrogens with one attached hydrogen (secondary N) is 3. The van der Waals surface area contributed by atoms with Gasteiger partial charge in [-0.3, -0.25) is 9.79 Å². The first-order valence-electron chi connectivity index (χ1n) is 9.78. The summed E-state index contributed by atoms with van der Waals surface area (Å²) in [6, 6.07) is 6.28. The second-order valence-corrected chi connectivity index (χ2v) is 8.21. The zero-order chi connectivity index (χ0) is 19.9. The maximum Gasteiger partial charge on any atom is 0.239 e. The molecular weight excluding hydrogens is 467 g/mol. The Labute approximate surface area is 186 Å². The summed E-state index contributed by atoms with van der Waals surface area (Å²) in [5.74, 6) is 1.47. The van der Waals surface area contributed by atoms with Gasteiger partial charge in [0.2, 0.25) is 5.91 Å². The minimum atomic E-state index is -0.246. The van der Waals surface area contributed by atoms with Crippen LogP contribution in [0.25, 0.3) is 0 Å². The molecule has 1 aromatic carbocycles. The number of carbonyl (C=O) groups excluding carboxylic acids is 1. The minimum absolute atomic E-state index is 0. The molecule has 2 rings (SSSR count). The number of aliphatic imine (C=N–C) groups is 1. The molecule has 1 saturated carbocycles. The van der Waals surface area contributed by atoms with Crippen LogP contribution in [-0.2, 0) is 11.3 Å². The highest BCUT2D eigenvalue weighted by Crippen LogP contribution is 2.27. The molecule has 0 atom stereocenters. The number of nitrogens with zero attached hydrogens (tertiary/aromatic N) is 1. The lowest BCUT2D eigenvalue weighted by Crippen LogP contribution is -2.48.